The van der Waals surface area contributed by atoms with Gasteiger partial charge in [0.05, 0.1) is 0 Å². The van der Waals surface area contributed by atoms with E-state index >= 15 is 0 Å². The van der Waals surface area contributed by atoms with Gasteiger partial charge in [-0.05, 0) is 42.5 Å². The Bertz CT molecular complexity index is 399. The van der Waals surface area contributed by atoms with Gasteiger partial charge in [0.2, 0.25) is 0 Å². The van der Waals surface area contributed by atoms with E-state index in [1.165, 1.54) is 21.6 Å². The van der Waals surface area contributed by atoms with E-state index in [1.54, 1.807) is 11.3 Å². The highest BCUT2D eigenvalue weighted by atomic mass is 32.1. The van der Waals surface area contributed by atoms with Gasteiger partial charge in [0, 0.05) is 10.4 Å². The SMILES string of the molecule is Cc1cc[c]c(-c2cccs2)c1C. The number of hydrogen-bond acceptors (Lipinski definition) is 1. The zero-order chi connectivity index (χ0) is 9.26. The molecule has 0 atom stereocenters. The maximum atomic E-state index is 3.29. The summed E-state index contributed by atoms with van der Waals surface area (Å²) in [6.45, 7) is 4.29. The zero-order valence-electron chi connectivity index (χ0n) is 7.79. The molecule has 0 aliphatic heterocycles. The highest BCUT2D eigenvalue weighted by Gasteiger charge is 2.03. The maximum absolute atomic E-state index is 3.29. The molecule has 0 unspecified atom stereocenters. The lowest BCUT2D eigenvalue weighted by molar-refractivity contribution is 1.34. The van der Waals surface area contributed by atoms with E-state index in [9.17, 15) is 0 Å². The van der Waals surface area contributed by atoms with Gasteiger partial charge < -0.3 is 0 Å². The highest BCUT2D eigenvalue weighted by molar-refractivity contribution is 7.13. The van der Waals surface area contributed by atoms with Crippen LogP contribution < -0.4 is 0 Å². The molecule has 0 fully saturated rings. The molecule has 1 heterocycles. The molecular formula is C12H11S. The molecule has 0 amide bonds. The fourth-order valence-electron chi connectivity index (χ4n) is 1.36. The fourth-order valence-corrected chi connectivity index (χ4v) is 2.15. The van der Waals surface area contributed by atoms with Crippen LogP contribution in [0.5, 0.6) is 0 Å². The first kappa shape index (κ1) is 8.52. The van der Waals surface area contributed by atoms with Crippen LogP contribution in [-0.2, 0) is 0 Å². The monoisotopic (exact) mass is 187 g/mol. The van der Waals surface area contributed by atoms with E-state index in [2.05, 4.69) is 43.5 Å². The molecule has 0 spiro atoms. The first-order chi connectivity index (χ1) is 6.29. The second kappa shape index (κ2) is 3.35. The summed E-state index contributed by atoms with van der Waals surface area (Å²) < 4.78 is 0. The van der Waals surface area contributed by atoms with Crippen LogP contribution in [0.25, 0.3) is 10.4 Å². The molecule has 0 N–H and O–H groups in total. The summed E-state index contributed by atoms with van der Waals surface area (Å²) in [6.07, 6.45) is 0. The summed E-state index contributed by atoms with van der Waals surface area (Å²) in [5.41, 5.74) is 3.92. The van der Waals surface area contributed by atoms with Gasteiger partial charge in [-0.25, -0.2) is 0 Å². The third-order valence-corrected chi connectivity index (χ3v) is 3.18. The van der Waals surface area contributed by atoms with Crippen molar-refractivity contribution >= 4 is 11.3 Å². The Hall–Kier alpha value is -1.08. The Balaban J connectivity index is 2.59. The summed E-state index contributed by atoms with van der Waals surface area (Å²) >= 11 is 1.77. The average Bonchev–Trinajstić information content (AvgIpc) is 2.62. The van der Waals surface area contributed by atoms with Gasteiger partial charge >= 0.3 is 0 Å². The minimum absolute atomic E-state index is 1.25. The summed E-state index contributed by atoms with van der Waals surface area (Å²) in [6, 6.07) is 11.6. The fraction of sp³-hybridized carbons (Fsp3) is 0.167. The Morgan fingerprint density at radius 1 is 1.23 bits per heavy atom. The van der Waals surface area contributed by atoms with Crippen molar-refractivity contribution in [2.45, 2.75) is 13.8 Å². The van der Waals surface area contributed by atoms with Crippen LogP contribution in [0.15, 0.2) is 29.6 Å². The van der Waals surface area contributed by atoms with Gasteiger partial charge in [0.25, 0.3) is 0 Å². The van der Waals surface area contributed by atoms with Gasteiger partial charge in [0.15, 0.2) is 0 Å². The third kappa shape index (κ3) is 1.52. The van der Waals surface area contributed by atoms with E-state index < -0.39 is 0 Å². The van der Waals surface area contributed by atoms with Gasteiger partial charge in [-0.1, -0.05) is 18.2 Å². The van der Waals surface area contributed by atoms with Crippen LogP contribution in [-0.4, -0.2) is 0 Å². The first-order valence-corrected chi connectivity index (χ1v) is 5.19. The third-order valence-electron chi connectivity index (χ3n) is 2.30. The lowest BCUT2D eigenvalue weighted by atomic mass is 10.0. The summed E-state index contributed by atoms with van der Waals surface area (Å²) in [5, 5.41) is 2.10. The van der Waals surface area contributed by atoms with Crippen molar-refractivity contribution < 1.29 is 0 Å². The van der Waals surface area contributed by atoms with E-state index in [-0.39, 0.29) is 0 Å². The smallest absolute Gasteiger partial charge is 0.0351 e. The second-order valence-electron chi connectivity index (χ2n) is 3.14. The largest absolute Gasteiger partial charge is 0.144 e. The summed E-state index contributed by atoms with van der Waals surface area (Å²) in [4.78, 5) is 1.31. The average molecular weight is 187 g/mol. The van der Waals surface area contributed by atoms with Gasteiger partial charge in [-0.3, -0.25) is 0 Å². The van der Waals surface area contributed by atoms with Crippen LogP contribution in [0, 0.1) is 19.9 Å². The van der Waals surface area contributed by atoms with Crippen LogP contribution in [0.3, 0.4) is 0 Å². The van der Waals surface area contributed by atoms with E-state index in [0.717, 1.165) is 0 Å². The van der Waals surface area contributed by atoms with E-state index in [0.29, 0.717) is 0 Å². The number of hydrogen-bond donors (Lipinski definition) is 0. The molecule has 1 radical (unpaired) electrons. The van der Waals surface area contributed by atoms with Crippen molar-refractivity contribution in [1.29, 1.82) is 0 Å². The molecule has 2 aromatic rings. The predicted octanol–water partition coefficient (Wildman–Crippen LogP) is 3.83. The van der Waals surface area contributed by atoms with Crippen LogP contribution in [0.1, 0.15) is 11.1 Å². The van der Waals surface area contributed by atoms with Crippen molar-refractivity contribution in [2.75, 3.05) is 0 Å². The van der Waals surface area contributed by atoms with E-state index in [1.807, 2.05) is 6.07 Å². The molecule has 0 nitrogen and oxygen atoms in total. The molecule has 0 saturated heterocycles. The Kier molecular flexibility index (Phi) is 2.19. The predicted molar refractivity (Wildman–Crippen MR) is 58.1 cm³/mol. The zero-order valence-corrected chi connectivity index (χ0v) is 8.61. The molecule has 65 valence electrons. The molecule has 0 bridgehead atoms. The Morgan fingerprint density at radius 2 is 2.08 bits per heavy atom. The first-order valence-electron chi connectivity index (χ1n) is 4.31. The quantitative estimate of drug-likeness (QED) is 0.636. The maximum Gasteiger partial charge on any atom is 0.0351 e. The molecule has 13 heavy (non-hydrogen) atoms. The van der Waals surface area contributed by atoms with Crippen molar-refractivity contribution in [2.24, 2.45) is 0 Å². The molecule has 1 aromatic carbocycles. The molecule has 2 rings (SSSR count). The molecule has 0 saturated carbocycles. The van der Waals surface area contributed by atoms with Gasteiger partial charge in [0.1, 0.15) is 0 Å². The van der Waals surface area contributed by atoms with Crippen LogP contribution in [0.4, 0.5) is 0 Å². The minimum Gasteiger partial charge on any atom is -0.144 e. The summed E-state index contributed by atoms with van der Waals surface area (Å²) in [7, 11) is 0. The topological polar surface area (TPSA) is 0 Å². The number of rotatable bonds is 1. The van der Waals surface area contributed by atoms with Crippen molar-refractivity contribution in [3.63, 3.8) is 0 Å². The Labute approximate surface area is 82.9 Å². The van der Waals surface area contributed by atoms with Crippen molar-refractivity contribution in [3.8, 4) is 10.4 Å². The van der Waals surface area contributed by atoms with Crippen LogP contribution >= 0.6 is 11.3 Å². The van der Waals surface area contributed by atoms with Crippen LogP contribution in [0.2, 0.25) is 0 Å². The van der Waals surface area contributed by atoms with Gasteiger partial charge in [-0.15, -0.1) is 11.3 Å². The standard InChI is InChI=1S/C12H11S/c1-9-5-3-6-11(10(9)2)12-7-4-8-13-12/h3-5,7-8H,1-2H3. The lowest BCUT2D eigenvalue weighted by Gasteiger charge is -2.04. The normalized spacial score (nSPS) is 10.3. The molecular weight excluding hydrogens is 176 g/mol. The molecule has 0 aliphatic rings. The second-order valence-corrected chi connectivity index (χ2v) is 4.09. The number of benzene rings is 1. The molecule has 0 aliphatic carbocycles. The number of thiophene rings is 1. The van der Waals surface area contributed by atoms with E-state index in [4.69, 9.17) is 0 Å². The lowest BCUT2D eigenvalue weighted by Crippen LogP contribution is -1.84. The Morgan fingerprint density at radius 3 is 2.77 bits per heavy atom. The van der Waals surface area contributed by atoms with Crippen molar-refractivity contribution in [3.05, 3.63) is 46.8 Å². The highest BCUT2D eigenvalue weighted by Crippen LogP contribution is 2.28. The minimum atomic E-state index is 1.25. The molecule has 1 heteroatoms. The van der Waals surface area contributed by atoms with Gasteiger partial charge in [-0.2, -0.15) is 0 Å². The summed E-state index contributed by atoms with van der Waals surface area (Å²) in [5.74, 6) is 0. The molecule has 1 aromatic heterocycles. The number of aryl methyl sites for hydroxylation is 1. The van der Waals surface area contributed by atoms with Crippen molar-refractivity contribution in [1.82, 2.24) is 0 Å².